The molecule has 0 aromatic heterocycles. The van der Waals surface area contributed by atoms with Crippen LogP contribution in [0.3, 0.4) is 0 Å². The first-order valence-electron chi connectivity index (χ1n) is 21.2. The summed E-state index contributed by atoms with van der Waals surface area (Å²) in [6.45, 7) is 6.87. The van der Waals surface area contributed by atoms with Crippen molar-refractivity contribution in [3.63, 3.8) is 0 Å². The van der Waals surface area contributed by atoms with E-state index in [1.165, 1.54) is 0 Å². The third kappa shape index (κ3) is 15.0. The molecule has 3 aromatic carbocycles. The van der Waals surface area contributed by atoms with Gasteiger partial charge in [-0.2, -0.15) is 0 Å². The summed E-state index contributed by atoms with van der Waals surface area (Å²) in [6, 6.07) is 20.3. The van der Waals surface area contributed by atoms with Crippen LogP contribution in [0.1, 0.15) is 82.4 Å². The Kier molecular flexibility index (Phi) is 18.9. The highest BCUT2D eigenvalue weighted by atomic mass is 16.5. The second-order valence-corrected chi connectivity index (χ2v) is 16.3. The smallest absolute Gasteiger partial charge is 0.407 e. The van der Waals surface area contributed by atoms with Gasteiger partial charge in [0.2, 0.25) is 29.5 Å². The van der Waals surface area contributed by atoms with Gasteiger partial charge >= 0.3 is 12.1 Å². The van der Waals surface area contributed by atoms with Gasteiger partial charge in [-0.15, -0.1) is 0 Å². The molecule has 16 heteroatoms. The minimum absolute atomic E-state index is 0.00125. The average molecular weight is 856 g/mol. The highest BCUT2D eigenvalue weighted by Crippen LogP contribution is 2.44. The normalized spacial score (nSPS) is 13.7. The van der Waals surface area contributed by atoms with Gasteiger partial charge in [-0.1, -0.05) is 107 Å². The summed E-state index contributed by atoms with van der Waals surface area (Å²) in [5, 5.41) is 25.1. The van der Waals surface area contributed by atoms with Crippen LogP contribution in [-0.4, -0.2) is 97.1 Å². The zero-order valence-electron chi connectivity index (χ0n) is 35.9. The number of carbonyl (C=O) groups excluding carboxylic acids is 6. The second-order valence-electron chi connectivity index (χ2n) is 16.3. The van der Waals surface area contributed by atoms with Gasteiger partial charge in [-0.25, -0.2) is 9.59 Å². The van der Waals surface area contributed by atoms with E-state index in [-0.39, 0.29) is 50.0 Å². The number of ether oxygens (including phenoxy) is 1. The van der Waals surface area contributed by atoms with Crippen molar-refractivity contribution >= 4 is 41.6 Å². The van der Waals surface area contributed by atoms with E-state index in [0.29, 0.717) is 24.9 Å². The van der Waals surface area contributed by atoms with Crippen molar-refractivity contribution in [2.75, 3.05) is 26.2 Å². The number of benzene rings is 3. The Morgan fingerprint density at radius 1 is 0.613 bits per heavy atom. The highest BCUT2D eigenvalue weighted by molar-refractivity contribution is 5.95. The van der Waals surface area contributed by atoms with Gasteiger partial charge in [0.25, 0.3) is 0 Å². The quantitative estimate of drug-likeness (QED) is 0.0612. The number of unbranched alkanes of at least 4 members (excludes halogenated alkanes) is 1. The van der Waals surface area contributed by atoms with Crippen molar-refractivity contribution in [3.05, 3.63) is 95.6 Å². The van der Waals surface area contributed by atoms with E-state index in [9.17, 15) is 38.7 Å². The Balaban J connectivity index is 1.31. The monoisotopic (exact) mass is 855 g/mol. The summed E-state index contributed by atoms with van der Waals surface area (Å²) in [5.74, 6) is -4.82. The van der Waals surface area contributed by atoms with Gasteiger partial charge < -0.3 is 47.5 Å². The molecule has 3 aromatic rings. The number of fused-ring (bicyclic) bond motifs is 3. The van der Waals surface area contributed by atoms with E-state index in [1.807, 2.05) is 76.2 Å². The van der Waals surface area contributed by atoms with Crippen LogP contribution in [0.25, 0.3) is 11.1 Å². The molecular formula is C46H61N7O9. The predicted octanol–water partition coefficient (Wildman–Crippen LogP) is 3.13. The second kappa shape index (κ2) is 24.2. The van der Waals surface area contributed by atoms with Crippen LogP contribution in [0.5, 0.6) is 0 Å². The minimum atomic E-state index is -1.21. The maximum atomic E-state index is 13.7. The zero-order chi connectivity index (χ0) is 45.2. The number of aliphatic carboxylic acids is 1. The van der Waals surface area contributed by atoms with Crippen molar-refractivity contribution in [1.82, 2.24) is 31.9 Å². The molecule has 0 bridgehead atoms. The highest BCUT2D eigenvalue weighted by Gasteiger charge is 2.32. The first kappa shape index (κ1) is 48.4. The van der Waals surface area contributed by atoms with E-state index in [2.05, 4.69) is 31.9 Å². The molecular weight excluding hydrogens is 795 g/mol. The van der Waals surface area contributed by atoms with Crippen LogP contribution >= 0.6 is 0 Å². The molecule has 6 amide bonds. The number of carbonyl (C=O) groups is 7. The van der Waals surface area contributed by atoms with Gasteiger partial charge in [-0.3, -0.25) is 24.0 Å². The lowest BCUT2D eigenvalue weighted by atomic mass is 9.98. The van der Waals surface area contributed by atoms with Gasteiger partial charge in [-0.05, 0) is 78.3 Å². The molecule has 0 aliphatic heterocycles. The molecule has 334 valence electrons. The first-order chi connectivity index (χ1) is 29.7. The van der Waals surface area contributed by atoms with Crippen LogP contribution in [0.15, 0.2) is 78.9 Å². The molecule has 4 rings (SSSR count). The number of carboxylic acids is 1. The molecule has 62 heavy (non-hydrogen) atoms. The molecule has 1 aliphatic rings. The summed E-state index contributed by atoms with van der Waals surface area (Å²) in [6.07, 6.45) is 0.968. The van der Waals surface area contributed by atoms with Gasteiger partial charge in [0.1, 0.15) is 30.8 Å². The molecule has 0 spiro atoms. The van der Waals surface area contributed by atoms with Gasteiger partial charge in [0.05, 0.1) is 13.1 Å². The molecule has 1 aliphatic carbocycles. The molecule has 9 N–H and O–H groups in total. The SMILES string of the molecule is CC(C)C[C@H](NC(=O)OCC1c2ccccc2-c2ccccc21)C(=O)NCC(=O)NCC(=O)N[C@@H](Cc1ccccc1)C(=O)N[C@@H](CC(C)C)C(=O)N[C@@H](CCCCN)C(=O)O. The largest absolute Gasteiger partial charge is 0.480 e. The molecule has 0 saturated carbocycles. The number of carboxylic acid groups (broad SMARTS) is 1. The minimum Gasteiger partial charge on any atom is -0.480 e. The third-order valence-electron chi connectivity index (χ3n) is 10.4. The Morgan fingerprint density at radius 2 is 1.15 bits per heavy atom. The maximum absolute atomic E-state index is 13.7. The number of rotatable bonds is 24. The summed E-state index contributed by atoms with van der Waals surface area (Å²) in [5.41, 5.74) is 10.5. The van der Waals surface area contributed by atoms with E-state index in [0.717, 1.165) is 22.3 Å². The lowest BCUT2D eigenvalue weighted by molar-refractivity contribution is -0.142. The summed E-state index contributed by atoms with van der Waals surface area (Å²) < 4.78 is 5.64. The molecule has 0 saturated heterocycles. The fraction of sp³-hybridized carbons (Fsp3) is 0.457. The predicted molar refractivity (Wildman–Crippen MR) is 233 cm³/mol. The number of amides is 6. The van der Waals surface area contributed by atoms with Crippen molar-refractivity contribution in [1.29, 1.82) is 0 Å². The molecule has 0 radical (unpaired) electrons. The van der Waals surface area contributed by atoms with Gasteiger partial charge in [0.15, 0.2) is 0 Å². The maximum Gasteiger partial charge on any atom is 0.407 e. The lowest BCUT2D eigenvalue weighted by Crippen LogP contribution is -2.57. The van der Waals surface area contributed by atoms with Crippen LogP contribution in [0.2, 0.25) is 0 Å². The number of hydrogen-bond donors (Lipinski definition) is 8. The fourth-order valence-electron chi connectivity index (χ4n) is 7.32. The Hall–Kier alpha value is -6.29. The number of hydrogen-bond acceptors (Lipinski definition) is 9. The Labute approximate surface area is 362 Å². The standard InChI is InChI=1S/C46H61N7O9/c1-28(2)22-37(53-46(61)62-27-35-33-18-10-8-16-31(33)32-17-9-11-19-34(32)35)42(56)49-25-40(54)48-26-41(55)50-39(24-30-14-6-5-7-15-30)44(58)52-38(23-29(3)4)43(57)51-36(45(59)60)20-12-13-21-47/h5-11,14-19,28-29,35-39H,12-13,20-27,47H2,1-4H3,(H,48,54)(H,49,56)(H,50,55)(H,51,57)(H,52,58)(H,53,61)(H,59,60)/t36-,37-,38-,39-/m0/s1. The van der Waals surface area contributed by atoms with Gasteiger partial charge in [0, 0.05) is 12.3 Å². The topological polar surface area (TPSA) is 247 Å². The summed E-state index contributed by atoms with van der Waals surface area (Å²) in [4.78, 5) is 91.2. The van der Waals surface area contributed by atoms with Crippen molar-refractivity contribution < 1.29 is 43.4 Å². The number of alkyl carbamates (subject to hydrolysis) is 1. The van der Waals surface area contributed by atoms with E-state index < -0.39 is 78.9 Å². The lowest BCUT2D eigenvalue weighted by Gasteiger charge is -2.25. The fourth-order valence-corrected chi connectivity index (χ4v) is 7.32. The third-order valence-corrected chi connectivity index (χ3v) is 10.4. The Morgan fingerprint density at radius 3 is 1.73 bits per heavy atom. The van der Waals surface area contributed by atoms with Crippen molar-refractivity contribution in [2.24, 2.45) is 17.6 Å². The zero-order valence-corrected chi connectivity index (χ0v) is 35.9. The van der Waals surface area contributed by atoms with Crippen LogP contribution in [-0.2, 0) is 39.9 Å². The van der Waals surface area contributed by atoms with E-state index in [4.69, 9.17) is 10.5 Å². The van der Waals surface area contributed by atoms with E-state index in [1.54, 1.807) is 30.3 Å². The molecule has 0 fully saturated rings. The van der Waals surface area contributed by atoms with Crippen molar-refractivity contribution in [2.45, 2.75) is 96.3 Å². The average Bonchev–Trinajstić information content (AvgIpc) is 3.56. The van der Waals surface area contributed by atoms with Crippen LogP contribution in [0, 0.1) is 11.8 Å². The van der Waals surface area contributed by atoms with Crippen molar-refractivity contribution in [3.8, 4) is 11.1 Å². The Bertz CT molecular complexity index is 1960. The molecule has 16 nitrogen and oxygen atoms in total. The molecule has 0 unspecified atom stereocenters. The summed E-state index contributed by atoms with van der Waals surface area (Å²) >= 11 is 0. The number of nitrogens with two attached hydrogens (primary N) is 1. The summed E-state index contributed by atoms with van der Waals surface area (Å²) in [7, 11) is 0. The number of nitrogens with one attached hydrogen (secondary N) is 6. The van der Waals surface area contributed by atoms with Crippen LogP contribution in [0.4, 0.5) is 4.79 Å². The molecule has 0 heterocycles. The first-order valence-corrected chi connectivity index (χ1v) is 21.2. The van der Waals surface area contributed by atoms with E-state index >= 15 is 0 Å². The molecule has 4 atom stereocenters. The van der Waals surface area contributed by atoms with Crippen LogP contribution < -0.4 is 37.6 Å².